The highest BCUT2D eigenvalue weighted by Gasteiger charge is 2.37. The van der Waals surface area contributed by atoms with Crippen molar-refractivity contribution in [3.63, 3.8) is 0 Å². The molecule has 0 amide bonds. The van der Waals surface area contributed by atoms with E-state index in [4.69, 9.17) is 11.6 Å². The normalized spacial score (nSPS) is 20.2. The Bertz CT molecular complexity index is 498. The van der Waals surface area contributed by atoms with E-state index in [-0.39, 0.29) is 10.2 Å². The minimum absolute atomic E-state index is 0.0362. The lowest BCUT2D eigenvalue weighted by Gasteiger charge is -2.39. The van der Waals surface area contributed by atoms with Crippen molar-refractivity contribution in [1.29, 1.82) is 0 Å². The number of nitrogens with zero attached hydrogens (tertiary/aromatic N) is 1. The van der Waals surface area contributed by atoms with Gasteiger partial charge in [-0.05, 0) is 51.3 Å². The Hall–Kier alpha value is -0.670. The summed E-state index contributed by atoms with van der Waals surface area (Å²) in [6, 6.07) is 7.91. The average molecular weight is 298 g/mol. The molecule has 0 saturated heterocycles. The van der Waals surface area contributed by atoms with Gasteiger partial charge in [0.15, 0.2) is 0 Å². The molecule has 1 aliphatic carbocycles. The van der Waals surface area contributed by atoms with E-state index in [1.807, 2.05) is 51.3 Å². The van der Waals surface area contributed by atoms with Crippen LogP contribution in [0.2, 0.25) is 5.02 Å². The first-order valence-electron chi connectivity index (χ1n) is 6.57. The fraction of sp³-hybridized carbons (Fsp3) is 0.533. The molecule has 0 spiro atoms. The molecule has 0 aliphatic heterocycles. The molecule has 19 heavy (non-hydrogen) atoms. The van der Waals surface area contributed by atoms with Crippen LogP contribution in [-0.2, 0) is 16.4 Å². The Labute approximate surface area is 122 Å². The van der Waals surface area contributed by atoms with Gasteiger partial charge in [0.2, 0.25) is 0 Å². The maximum Gasteiger partial charge on any atom is 0.144 e. The van der Waals surface area contributed by atoms with E-state index in [9.17, 15) is 4.21 Å². The molecule has 1 aromatic rings. The van der Waals surface area contributed by atoms with Crippen LogP contribution in [0.25, 0.3) is 0 Å². The molecule has 1 aromatic carbocycles. The first kappa shape index (κ1) is 14.7. The van der Waals surface area contributed by atoms with Crippen LogP contribution in [0.3, 0.4) is 0 Å². The van der Waals surface area contributed by atoms with Crippen LogP contribution in [0.5, 0.6) is 0 Å². The summed E-state index contributed by atoms with van der Waals surface area (Å²) in [6.07, 6.45) is 5.23. The summed E-state index contributed by atoms with van der Waals surface area (Å²) >= 11 is 5.93. The number of hydrogen-bond donors (Lipinski definition) is 0. The molecule has 0 heterocycles. The molecule has 0 unspecified atom stereocenters. The zero-order valence-electron chi connectivity index (χ0n) is 11.6. The van der Waals surface area contributed by atoms with E-state index in [1.165, 1.54) is 12.0 Å². The van der Waals surface area contributed by atoms with Crippen LogP contribution in [0.4, 0.5) is 0 Å². The standard InChI is InChI=1S/C15H20ClNOS/c1-14(2,3)19(18)17-11-15(9-4-10-15)12-5-7-13(16)8-6-12/h5-8,11H,4,9-10H2,1-3H3/b17-11+/t19-/m1/s1. The van der Waals surface area contributed by atoms with Crippen molar-refractivity contribution in [1.82, 2.24) is 0 Å². The molecule has 0 radical (unpaired) electrons. The van der Waals surface area contributed by atoms with Gasteiger partial charge in [0.25, 0.3) is 0 Å². The second kappa shape index (κ2) is 5.37. The lowest BCUT2D eigenvalue weighted by atomic mass is 9.65. The summed E-state index contributed by atoms with van der Waals surface area (Å²) < 4.78 is 16.0. The largest absolute Gasteiger partial charge is 0.234 e. The number of benzene rings is 1. The first-order valence-corrected chi connectivity index (χ1v) is 8.05. The fourth-order valence-electron chi connectivity index (χ4n) is 2.14. The molecule has 2 nitrogen and oxygen atoms in total. The Balaban J connectivity index is 2.22. The van der Waals surface area contributed by atoms with Gasteiger partial charge in [-0.25, -0.2) is 4.21 Å². The van der Waals surface area contributed by atoms with Crippen molar-refractivity contribution in [2.45, 2.75) is 50.2 Å². The minimum Gasteiger partial charge on any atom is -0.234 e. The molecule has 1 aliphatic rings. The van der Waals surface area contributed by atoms with E-state index in [2.05, 4.69) is 4.40 Å². The summed E-state index contributed by atoms with van der Waals surface area (Å²) in [7, 11) is -1.19. The summed E-state index contributed by atoms with van der Waals surface area (Å²) in [5, 5.41) is 0.744. The van der Waals surface area contributed by atoms with Crippen molar-refractivity contribution >= 4 is 28.8 Å². The summed E-state index contributed by atoms with van der Waals surface area (Å²) in [5.74, 6) is 0. The molecular weight excluding hydrogens is 278 g/mol. The van der Waals surface area contributed by atoms with E-state index >= 15 is 0 Å². The maximum absolute atomic E-state index is 12.0. The quantitative estimate of drug-likeness (QED) is 0.765. The van der Waals surface area contributed by atoms with E-state index < -0.39 is 11.0 Å². The molecule has 0 N–H and O–H groups in total. The van der Waals surface area contributed by atoms with E-state index in [0.717, 1.165) is 17.9 Å². The summed E-state index contributed by atoms with van der Waals surface area (Å²) in [5.41, 5.74) is 1.18. The van der Waals surface area contributed by atoms with Crippen molar-refractivity contribution in [2.75, 3.05) is 0 Å². The third-order valence-corrected chi connectivity index (χ3v) is 5.18. The lowest BCUT2D eigenvalue weighted by molar-refractivity contribution is 0.348. The SMILES string of the molecule is CC(C)(C)[S@@](=O)/N=C/C1(c2ccc(Cl)cc2)CCC1. The molecule has 2 rings (SSSR count). The topological polar surface area (TPSA) is 29.4 Å². The van der Waals surface area contributed by atoms with Gasteiger partial charge in [-0.2, -0.15) is 4.40 Å². The molecule has 0 bridgehead atoms. The number of rotatable bonds is 3. The van der Waals surface area contributed by atoms with Crippen LogP contribution in [0.1, 0.15) is 45.6 Å². The molecule has 0 aromatic heterocycles. The third-order valence-electron chi connectivity index (χ3n) is 3.58. The third kappa shape index (κ3) is 3.26. The second-order valence-electron chi connectivity index (χ2n) is 6.11. The minimum atomic E-state index is -1.19. The van der Waals surface area contributed by atoms with Crippen LogP contribution >= 0.6 is 11.6 Å². The molecular formula is C15H20ClNOS. The molecule has 1 saturated carbocycles. The van der Waals surface area contributed by atoms with Gasteiger partial charge >= 0.3 is 0 Å². The van der Waals surface area contributed by atoms with Gasteiger partial charge in [-0.15, -0.1) is 0 Å². The highest BCUT2D eigenvalue weighted by atomic mass is 35.5. The highest BCUT2D eigenvalue weighted by Crippen LogP contribution is 2.42. The molecule has 1 fully saturated rings. The summed E-state index contributed by atoms with van der Waals surface area (Å²) in [6.45, 7) is 5.82. The molecule has 104 valence electrons. The average Bonchev–Trinajstić information content (AvgIpc) is 2.28. The lowest BCUT2D eigenvalue weighted by Crippen LogP contribution is -2.36. The van der Waals surface area contributed by atoms with Crippen molar-refractivity contribution in [3.8, 4) is 0 Å². The van der Waals surface area contributed by atoms with Gasteiger partial charge in [0.05, 0.1) is 4.75 Å². The molecule has 4 heteroatoms. The van der Waals surface area contributed by atoms with Crippen molar-refractivity contribution in [3.05, 3.63) is 34.9 Å². The monoisotopic (exact) mass is 297 g/mol. The van der Waals surface area contributed by atoms with Crippen LogP contribution in [0, 0.1) is 0 Å². The summed E-state index contributed by atoms with van der Waals surface area (Å²) in [4.78, 5) is 0. The maximum atomic E-state index is 12.0. The predicted molar refractivity (Wildman–Crippen MR) is 83.4 cm³/mol. The molecule has 1 atom stereocenters. The predicted octanol–water partition coefficient (Wildman–Crippen LogP) is 4.29. The van der Waals surface area contributed by atoms with Gasteiger partial charge in [-0.3, -0.25) is 0 Å². The van der Waals surface area contributed by atoms with Gasteiger partial charge < -0.3 is 0 Å². The van der Waals surface area contributed by atoms with Crippen LogP contribution in [0.15, 0.2) is 28.7 Å². The highest BCUT2D eigenvalue weighted by molar-refractivity contribution is 7.85. The van der Waals surface area contributed by atoms with E-state index in [1.54, 1.807) is 0 Å². The van der Waals surface area contributed by atoms with Crippen molar-refractivity contribution < 1.29 is 4.21 Å². The second-order valence-corrected chi connectivity index (χ2v) is 8.48. The van der Waals surface area contributed by atoms with Gasteiger partial charge in [-0.1, -0.05) is 30.2 Å². The van der Waals surface area contributed by atoms with Gasteiger partial charge in [0.1, 0.15) is 11.0 Å². The zero-order valence-corrected chi connectivity index (χ0v) is 13.2. The Kier molecular flexibility index (Phi) is 4.17. The Morgan fingerprint density at radius 2 is 1.84 bits per heavy atom. The Morgan fingerprint density at radius 1 is 1.26 bits per heavy atom. The van der Waals surface area contributed by atoms with Gasteiger partial charge in [0, 0.05) is 16.7 Å². The van der Waals surface area contributed by atoms with E-state index in [0.29, 0.717) is 0 Å². The fourth-order valence-corrected chi connectivity index (χ4v) is 2.88. The zero-order chi connectivity index (χ0) is 14.1. The number of hydrogen-bond acceptors (Lipinski definition) is 1. The van der Waals surface area contributed by atoms with Crippen LogP contribution in [-0.4, -0.2) is 15.2 Å². The smallest absolute Gasteiger partial charge is 0.144 e. The van der Waals surface area contributed by atoms with Crippen molar-refractivity contribution in [2.24, 2.45) is 4.40 Å². The Morgan fingerprint density at radius 3 is 2.26 bits per heavy atom. The first-order chi connectivity index (χ1) is 8.83. The van der Waals surface area contributed by atoms with Crippen LogP contribution < -0.4 is 0 Å². The number of halogens is 1.